The molecule has 4 nitrogen and oxygen atoms in total. The predicted molar refractivity (Wildman–Crippen MR) is 98.0 cm³/mol. The van der Waals surface area contributed by atoms with Gasteiger partial charge in [-0.3, -0.25) is 9.80 Å². The van der Waals surface area contributed by atoms with Gasteiger partial charge >= 0.3 is 0 Å². The third-order valence-corrected chi connectivity index (χ3v) is 7.01. The van der Waals surface area contributed by atoms with Gasteiger partial charge in [0.2, 0.25) is 0 Å². The minimum absolute atomic E-state index is 0.254. The van der Waals surface area contributed by atoms with Gasteiger partial charge in [-0.15, -0.1) is 0 Å². The molecule has 0 radical (unpaired) electrons. The number of aliphatic hydroxyl groups is 2. The summed E-state index contributed by atoms with van der Waals surface area (Å²) in [4.78, 5) is 5.12. The average Bonchev–Trinajstić information content (AvgIpc) is 2.94. The molecule has 3 aliphatic rings. The van der Waals surface area contributed by atoms with E-state index < -0.39 is 5.60 Å². The highest BCUT2D eigenvalue weighted by Crippen LogP contribution is 2.42. The maximum absolute atomic E-state index is 11.2. The zero-order valence-electron chi connectivity index (χ0n) is 16.0. The van der Waals surface area contributed by atoms with E-state index in [-0.39, 0.29) is 6.61 Å². The molecule has 2 N–H and O–H groups in total. The van der Waals surface area contributed by atoms with E-state index in [1.165, 1.54) is 19.4 Å². The minimum Gasteiger partial charge on any atom is -0.396 e. The van der Waals surface area contributed by atoms with Crippen molar-refractivity contribution in [2.75, 3.05) is 32.8 Å². The Kier molecular flexibility index (Phi) is 5.60. The van der Waals surface area contributed by atoms with Gasteiger partial charge in [-0.05, 0) is 62.8 Å². The van der Waals surface area contributed by atoms with Crippen molar-refractivity contribution in [2.24, 2.45) is 11.3 Å². The van der Waals surface area contributed by atoms with Gasteiger partial charge in [0.05, 0.1) is 5.60 Å². The first-order valence-electron chi connectivity index (χ1n) is 10.1. The third kappa shape index (κ3) is 4.14. The molecule has 24 heavy (non-hydrogen) atoms. The van der Waals surface area contributed by atoms with E-state index in [2.05, 4.69) is 30.6 Å². The van der Waals surface area contributed by atoms with E-state index in [1.807, 2.05) is 0 Å². The van der Waals surface area contributed by atoms with Crippen LogP contribution in [0.2, 0.25) is 0 Å². The third-order valence-electron chi connectivity index (χ3n) is 7.01. The molecule has 2 saturated heterocycles. The zero-order valence-corrected chi connectivity index (χ0v) is 16.0. The fraction of sp³-hybridized carbons (Fsp3) is 1.00. The molecule has 0 aromatic carbocycles. The second-order valence-corrected chi connectivity index (χ2v) is 9.75. The van der Waals surface area contributed by atoms with Crippen LogP contribution < -0.4 is 0 Å². The van der Waals surface area contributed by atoms with E-state index in [9.17, 15) is 10.2 Å². The van der Waals surface area contributed by atoms with Crippen LogP contribution in [0, 0.1) is 11.3 Å². The van der Waals surface area contributed by atoms with Gasteiger partial charge in [0.15, 0.2) is 0 Å². The van der Waals surface area contributed by atoms with Crippen molar-refractivity contribution in [3.63, 3.8) is 0 Å². The zero-order chi connectivity index (χ0) is 17.4. The summed E-state index contributed by atoms with van der Waals surface area (Å²) < 4.78 is 0. The first-order chi connectivity index (χ1) is 11.3. The molecule has 2 aliphatic heterocycles. The highest BCUT2D eigenvalue weighted by Gasteiger charge is 2.42. The summed E-state index contributed by atoms with van der Waals surface area (Å²) in [5.41, 5.74) is -0.160. The standard InChI is InChI=1S/C20H38N2O2/c1-19(2,3)16-6-9-20(24,10-7-16)15-22-14-17-5-4-11-21(17)13-18(22)8-12-23/h16-18,23-24H,4-15H2,1-3H3/t16?,17-,18-,20?/m1/s1. The molecule has 3 rings (SSSR count). The number of aliphatic hydroxyl groups excluding tert-OH is 1. The maximum Gasteiger partial charge on any atom is 0.0774 e. The number of β-amino-alcohol motifs (C(OH)–C–C–N with tert-alkyl or cyclic N) is 1. The van der Waals surface area contributed by atoms with Gasteiger partial charge in [-0.1, -0.05) is 20.8 Å². The Hall–Kier alpha value is -0.160. The van der Waals surface area contributed by atoms with Crippen molar-refractivity contribution in [1.82, 2.24) is 9.80 Å². The summed E-state index contributed by atoms with van der Waals surface area (Å²) in [6, 6.07) is 1.09. The van der Waals surface area contributed by atoms with Crippen LogP contribution in [0.3, 0.4) is 0 Å². The largest absolute Gasteiger partial charge is 0.396 e. The Morgan fingerprint density at radius 3 is 2.42 bits per heavy atom. The predicted octanol–water partition coefficient (Wildman–Crippen LogP) is 2.48. The van der Waals surface area contributed by atoms with Gasteiger partial charge in [0.25, 0.3) is 0 Å². The Morgan fingerprint density at radius 1 is 1.08 bits per heavy atom. The lowest BCUT2D eigenvalue weighted by atomic mass is 9.68. The first-order valence-corrected chi connectivity index (χ1v) is 10.1. The Labute approximate surface area is 148 Å². The first kappa shape index (κ1) is 18.6. The molecule has 2 heterocycles. The van der Waals surface area contributed by atoms with E-state index >= 15 is 0 Å². The molecule has 0 aromatic heterocycles. The van der Waals surface area contributed by atoms with Crippen molar-refractivity contribution < 1.29 is 10.2 Å². The lowest BCUT2D eigenvalue weighted by molar-refractivity contribution is -0.0740. The summed E-state index contributed by atoms with van der Waals surface area (Å²) in [5, 5.41) is 20.7. The molecule has 0 bridgehead atoms. The number of hydrogen-bond donors (Lipinski definition) is 2. The van der Waals surface area contributed by atoms with Crippen LogP contribution >= 0.6 is 0 Å². The molecule has 3 fully saturated rings. The normalized spacial score (nSPS) is 39.1. The molecule has 1 saturated carbocycles. The SMILES string of the molecule is CC(C)(C)C1CCC(O)(CN2C[C@H]3CCCN3C[C@H]2CCO)CC1. The summed E-state index contributed by atoms with van der Waals surface area (Å²) in [5.74, 6) is 0.734. The number of hydrogen-bond acceptors (Lipinski definition) is 4. The summed E-state index contributed by atoms with van der Waals surface area (Å²) in [7, 11) is 0. The fourth-order valence-corrected chi connectivity index (χ4v) is 5.32. The van der Waals surface area contributed by atoms with Crippen molar-refractivity contribution >= 4 is 0 Å². The molecule has 0 spiro atoms. The van der Waals surface area contributed by atoms with Crippen molar-refractivity contribution in [1.29, 1.82) is 0 Å². The van der Waals surface area contributed by atoms with Gasteiger partial charge in [-0.25, -0.2) is 0 Å². The number of nitrogens with zero attached hydrogens (tertiary/aromatic N) is 2. The summed E-state index contributed by atoms with van der Waals surface area (Å²) in [6.07, 6.45) is 7.61. The molecule has 0 aromatic rings. The Balaban J connectivity index is 1.60. The van der Waals surface area contributed by atoms with Gasteiger partial charge < -0.3 is 10.2 Å². The minimum atomic E-state index is -0.518. The Morgan fingerprint density at radius 2 is 1.79 bits per heavy atom. The molecule has 0 unspecified atom stereocenters. The molecule has 140 valence electrons. The van der Waals surface area contributed by atoms with Crippen LogP contribution in [0.5, 0.6) is 0 Å². The molecule has 2 atom stereocenters. The monoisotopic (exact) mass is 338 g/mol. The fourth-order valence-electron chi connectivity index (χ4n) is 5.32. The van der Waals surface area contributed by atoms with Crippen LogP contribution in [0.1, 0.15) is 65.7 Å². The van der Waals surface area contributed by atoms with E-state index in [0.717, 1.165) is 57.7 Å². The van der Waals surface area contributed by atoms with Gasteiger partial charge in [-0.2, -0.15) is 0 Å². The van der Waals surface area contributed by atoms with Crippen molar-refractivity contribution in [3.05, 3.63) is 0 Å². The topological polar surface area (TPSA) is 46.9 Å². The summed E-state index contributed by atoms with van der Waals surface area (Å²) >= 11 is 0. The van der Waals surface area contributed by atoms with E-state index in [1.54, 1.807) is 0 Å². The quantitative estimate of drug-likeness (QED) is 0.827. The van der Waals surface area contributed by atoms with Crippen LogP contribution in [0.15, 0.2) is 0 Å². The van der Waals surface area contributed by atoms with E-state index in [0.29, 0.717) is 17.5 Å². The van der Waals surface area contributed by atoms with Crippen LogP contribution in [0.25, 0.3) is 0 Å². The molecular formula is C20H38N2O2. The maximum atomic E-state index is 11.2. The number of rotatable bonds is 4. The molecular weight excluding hydrogens is 300 g/mol. The second kappa shape index (κ2) is 7.22. The van der Waals surface area contributed by atoms with Gasteiger partial charge in [0, 0.05) is 38.3 Å². The molecule has 1 aliphatic carbocycles. The number of piperazine rings is 1. The lowest BCUT2D eigenvalue weighted by Gasteiger charge is -2.48. The van der Waals surface area contributed by atoms with E-state index in [4.69, 9.17) is 0 Å². The average molecular weight is 339 g/mol. The van der Waals surface area contributed by atoms with Crippen LogP contribution in [-0.2, 0) is 0 Å². The van der Waals surface area contributed by atoms with Crippen LogP contribution in [-0.4, -0.2) is 70.5 Å². The van der Waals surface area contributed by atoms with Crippen LogP contribution in [0.4, 0.5) is 0 Å². The van der Waals surface area contributed by atoms with Gasteiger partial charge in [0.1, 0.15) is 0 Å². The Bertz CT molecular complexity index is 412. The summed E-state index contributed by atoms with van der Waals surface area (Å²) in [6.45, 7) is 11.4. The second-order valence-electron chi connectivity index (χ2n) is 9.75. The molecule has 4 heteroatoms. The number of fused-ring (bicyclic) bond motifs is 1. The lowest BCUT2D eigenvalue weighted by Crippen LogP contribution is -2.60. The highest BCUT2D eigenvalue weighted by atomic mass is 16.3. The smallest absolute Gasteiger partial charge is 0.0774 e. The highest BCUT2D eigenvalue weighted by molar-refractivity contribution is 4.97. The molecule has 0 amide bonds. The van der Waals surface area contributed by atoms with Crippen molar-refractivity contribution in [2.45, 2.75) is 83.4 Å². The van der Waals surface area contributed by atoms with Crippen molar-refractivity contribution in [3.8, 4) is 0 Å².